The summed E-state index contributed by atoms with van der Waals surface area (Å²) in [7, 11) is 0. The lowest BCUT2D eigenvalue weighted by Gasteiger charge is -2.26. The molecule has 0 saturated heterocycles. The monoisotopic (exact) mass is 265 g/mol. The quantitative estimate of drug-likeness (QED) is 0.855. The number of nitrogens with zero attached hydrogens (tertiary/aromatic N) is 2. The largest absolute Gasteiger partial charge is 0.481 e. The van der Waals surface area contributed by atoms with Gasteiger partial charge in [0.05, 0.1) is 11.1 Å². The Morgan fingerprint density at radius 3 is 3.00 bits per heavy atom. The summed E-state index contributed by atoms with van der Waals surface area (Å²) in [5.41, 5.74) is 5.75. The molecule has 0 aromatic carbocycles. The molecule has 3 rings (SSSR count). The van der Waals surface area contributed by atoms with E-state index in [0.29, 0.717) is 6.42 Å². The highest BCUT2D eigenvalue weighted by molar-refractivity contribution is 7.15. The standard InChI is InChI=1S/C12H15N3O2S/c13-7-12(10(16)17,8-1-2-8)5-9-6-15-3-4-18-11(15)14-9/h3-4,6,8H,1-2,5,7,13H2,(H,16,17). The third-order valence-electron chi connectivity index (χ3n) is 3.79. The molecule has 2 aromatic heterocycles. The molecule has 96 valence electrons. The average molecular weight is 265 g/mol. The van der Waals surface area contributed by atoms with E-state index in [0.717, 1.165) is 23.5 Å². The number of nitrogens with two attached hydrogens (primary N) is 1. The van der Waals surface area contributed by atoms with Crippen molar-refractivity contribution in [2.24, 2.45) is 17.1 Å². The Morgan fingerprint density at radius 2 is 2.44 bits per heavy atom. The van der Waals surface area contributed by atoms with Gasteiger partial charge in [-0.05, 0) is 18.8 Å². The number of hydrogen-bond acceptors (Lipinski definition) is 4. The summed E-state index contributed by atoms with van der Waals surface area (Å²) in [4.78, 5) is 16.9. The topological polar surface area (TPSA) is 80.6 Å². The van der Waals surface area contributed by atoms with Crippen LogP contribution in [0.3, 0.4) is 0 Å². The molecule has 1 aliphatic carbocycles. The predicted molar refractivity (Wildman–Crippen MR) is 68.6 cm³/mol. The predicted octanol–water partition coefficient (Wildman–Crippen LogP) is 1.38. The minimum Gasteiger partial charge on any atom is -0.481 e. The van der Waals surface area contributed by atoms with Crippen LogP contribution in [0.25, 0.3) is 4.96 Å². The molecule has 1 fully saturated rings. The summed E-state index contributed by atoms with van der Waals surface area (Å²) in [5.74, 6) is -0.580. The molecule has 0 amide bonds. The zero-order chi connectivity index (χ0) is 12.8. The summed E-state index contributed by atoms with van der Waals surface area (Å²) < 4.78 is 1.93. The number of thiazole rings is 1. The van der Waals surface area contributed by atoms with Crippen LogP contribution >= 0.6 is 11.3 Å². The molecule has 0 radical (unpaired) electrons. The van der Waals surface area contributed by atoms with Gasteiger partial charge in [-0.25, -0.2) is 4.98 Å². The lowest BCUT2D eigenvalue weighted by molar-refractivity contribution is -0.149. The van der Waals surface area contributed by atoms with Gasteiger partial charge in [0.2, 0.25) is 0 Å². The fourth-order valence-corrected chi connectivity index (χ4v) is 3.26. The SMILES string of the molecule is NCC(Cc1cn2ccsc2n1)(C(=O)O)C1CC1. The molecule has 0 spiro atoms. The van der Waals surface area contributed by atoms with Gasteiger partial charge >= 0.3 is 5.97 Å². The van der Waals surface area contributed by atoms with E-state index < -0.39 is 11.4 Å². The number of rotatable bonds is 5. The highest BCUT2D eigenvalue weighted by atomic mass is 32.1. The van der Waals surface area contributed by atoms with E-state index in [9.17, 15) is 9.90 Å². The Hall–Kier alpha value is -1.40. The molecule has 18 heavy (non-hydrogen) atoms. The number of aromatic nitrogens is 2. The van der Waals surface area contributed by atoms with Crippen molar-refractivity contribution in [3.8, 4) is 0 Å². The number of carboxylic acid groups (broad SMARTS) is 1. The first kappa shape index (κ1) is 11.7. The van der Waals surface area contributed by atoms with E-state index in [2.05, 4.69) is 4.98 Å². The number of carboxylic acids is 1. The van der Waals surface area contributed by atoms with Crippen molar-refractivity contribution in [1.29, 1.82) is 0 Å². The fourth-order valence-electron chi connectivity index (χ4n) is 2.54. The van der Waals surface area contributed by atoms with E-state index in [-0.39, 0.29) is 12.5 Å². The number of aliphatic carboxylic acids is 1. The summed E-state index contributed by atoms with van der Waals surface area (Å²) in [6, 6.07) is 0. The van der Waals surface area contributed by atoms with Crippen LogP contribution in [0, 0.1) is 11.3 Å². The maximum atomic E-state index is 11.6. The second-order valence-electron chi connectivity index (χ2n) is 4.94. The Balaban J connectivity index is 1.92. The molecular formula is C12H15N3O2S. The van der Waals surface area contributed by atoms with Crippen LogP contribution in [0.2, 0.25) is 0 Å². The van der Waals surface area contributed by atoms with Gasteiger partial charge in [0.15, 0.2) is 4.96 Å². The van der Waals surface area contributed by atoms with Crippen molar-refractivity contribution in [2.75, 3.05) is 6.54 Å². The summed E-state index contributed by atoms with van der Waals surface area (Å²) in [6.45, 7) is 0.179. The van der Waals surface area contributed by atoms with Crippen LogP contribution in [0.4, 0.5) is 0 Å². The van der Waals surface area contributed by atoms with Gasteiger partial charge in [0.1, 0.15) is 0 Å². The van der Waals surface area contributed by atoms with E-state index >= 15 is 0 Å². The fraction of sp³-hybridized carbons (Fsp3) is 0.500. The molecule has 1 saturated carbocycles. The Kier molecular flexibility index (Phi) is 2.64. The highest BCUT2D eigenvalue weighted by Crippen LogP contribution is 2.47. The second kappa shape index (κ2) is 4.07. The molecule has 2 aromatic rings. The summed E-state index contributed by atoms with van der Waals surface area (Å²) >= 11 is 1.55. The second-order valence-corrected chi connectivity index (χ2v) is 5.81. The van der Waals surface area contributed by atoms with Crippen LogP contribution in [0.15, 0.2) is 17.8 Å². The molecule has 0 aliphatic heterocycles. The van der Waals surface area contributed by atoms with Crippen molar-refractivity contribution < 1.29 is 9.90 Å². The number of imidazole rings is 1. The zero-order valence-corrected chi connectivity index (χ0v) is 10.7. The lowest BCUT2D eigenvalue weighted by Crippen LogP contribution is -2.42. The Labute approximate surface area is 108 Å². The van der Waals surface area contributed by atoms with Gasteiger partial charge in [-0.3, -0.25) is 9.20 Å². The van der Waals surface area contributed by atoms with Gasteiger partial charge in [-0.2, -0.15) is 0 Å². The van der Waals surface area contributed by atoms with Crippen LogP contribution in [-0.2, 0) is 11.2 Å². The smallest absolute Gasteiger partial charge is 0.311 e. The zero-order valence-electron chi connectivity index (χ0n) is 9.87. The first-order chi connectivity index (χ1) is 8.65. The van der Waals surface area contributed by atoms with Crippen LogP contribution in [0.5, 0.6) is 0 Å². The molecule has 2 heterocycles. The third-order valence-corrected chi connectivity index (χ3v) is 4.56. The molecule has 5 nitrogen and oxygen atoms in total. The minimum absolute atomic E-state index is 0.179. The first-order valence-corrected chi connectivity index (χ1v) is 6.88. The van der Waals surface area contributed by atoms with Gasteiger partial charge in [-0.1, -0.05) is 0 Å². The number of fused-ring (bicyclic) bond motifs is 1. The normalized spacial score (nSPS) is 18.9. The highest BCUT2D eigenvalue weighted by Gasteiger charge is 2.50. The number of hydrogen-bond donors (Lipinski definition) is 2. The van der Waals surface area contributed by atoms with E-state index in [1.165, 1.54) is 0 Å². The molecule has 1 atom stereocenters. The van der Waals surface area contributed by atoms with Gasteiger partial charge < -0.3 is 10.8 Å². The summed E-state index contributed by atoms with van der Waals surface area (Å²) in [6.07, 6.45) is 6.19. The summed E-state index contributed by atoms with van der Waals surface area (Å²) in [5, 5.41) is 11.5. The van der Waals surface area contributed by atoms with Crippen LogP contribution in [-0.4, -0.2) is 27.0 Å². The molecule has 1 unspecified atom stereocenters. The third kappa shape index (κ3) is 1.72. The average Bonchev–Trinajstić information content (AvgIpc) is 2.98. The van der Waals surface area contributed by atoms with Crippen molar-refractivity contribution in [3.05, 3.63) is 23.5 Å². The Bertz CT molecular complexity index is 558. The molecule has 3 N–H and O–H groups in total. The van der Waals surface area contributed by atoms with Crippen molar-refractivity contribution in [1.82, 2.24) is 9.38 Å². The maximum absolute atomic E-state index is 11.6. The van der Waals surface area contributed by atoms with Crippen LogP contribution in [0.1, 0.15) is 18.5 Å². The lowest BCUT2D eigenvalue weighted by atomic mass is 9.78. The minimum atomic E-state index is -0.829. The van der Waals surface area contributed by atoms with Gasteiger partial charge in [0.25, 0.3) is 0 Å². The number of carbonyl (C=O) groups is 1. The maximum Gasteiger partial charge on any atom is 0.311 e. The molecular weight excluding hydrogens is 250 g/mol. The van der Waals surface area contributed by atoms with Crippen molar-refractivity contribution in [3.63, 3.8) is 0 Å². The van der Waals surface area contributed by atoms with Crippen molar-refractivity contribution >= 4 is 22.3 Å². The first-order valence-electron chi connectivity index (χ1n) is 6.00. The van der Waals surface area contributed by atoms with Gasteiger partial charge in [0, 0.05) is 30.7 Å². The molecule has 1 aliphatic rings. The van der Waals surface area contributed by atoms with Gasteiger partial charge in [-0.15, -0.1) is 11.3 Å². The Morgan fingerprint density at radius 1 is 1.67 bits per heavy atom. The molecule has 0 bridgehead atoms. The van der Waals surface area contributed by atoms with E-state index in [4.69, 9.17) is 5.73 Å². The van der Waals surface area contributed by atoms with E-state index in [1.54, 1.807) is 11.3 Å². The molecule has 6 heteroatoms. The van der Waals surface area contributed by atoms with E-state index in [1.807, 2.05) is 22.2 Å². The van der Waals surface area contributed by atoms with Crippen LogP contribution < -0.4 is 5.73 Å². The van der Waals surface area contributed by atoms with Crippen molar-refractivity contribution in [2.45, 2.75) is 19.3 Å².